The molecule has 1 aromatic carbocycles. The van der Waals surface area contributed by atoms with Gasteiger partial charge < -0.3 is 5.73 Å². The minimum absolute atomic E-state index is 0.258. The van der Waals surface area contributed by atoms with Crippen LogP contribution >= 0.6 is 11.8 Å². The Hall–Kier alpha value is -0.610. The topological polar surface area (TPSA) is 26.0 Å². The molecule has 1 aromatic rings. The van der Waals surface area contributed by atoms with Gasteiger partial charge in [0.1, 0.15) is 11.6 Å². The summed E-state index contributed by atoms with van der Waals surface area (Å²) in [6, 6.07) is 2.95. The van der Waals surface area contributed by atoms with E-state index in [9.17, 15) is 8.78 Å². The number of rotatable bonds is 5. The first-order valence-electron chi connectivity index (χ1n) is 5.74. The first-order chi connectivity index (χ1) is 7.91. The fourth-order valence-corrected chi connectivity index (χ4v) is 2.41. The number of benzene rings is 1. The number of hydrogen-bond acceptors (Lipinski definition) is 2. The van der Waals surface area contributed by atoms with E-state index in [1.165, 1.54) is 6.07 Å². The van der Waals surface area contributed by atoms with Crippen LogP contribution in [0.2, 0.25) is 0 Å². The van der Waals surface area contributed by atoms with Gasteiger partial charge in [-0.1, -0.05) is 20.8 Å². The average Bonchev–Trinajstić information content (AvgIpc) is 2.28. The van der Waals surface area contributed by atoms with Crippen molar-refractivity contribution < 1.29 is 8.78 Å². The smallest absolute Gasteiger partial charge is 0.128 e. The van der Waals surface area contributed by atoms with Crippen LogP contribution in [0, 0.1) is 17.6 Å². The SMILES string of the molecule is CC(C)C(C)SCC(N)c1cc(F)ccc1F. The molecule has 0 radical (unpaired) electrons. The largest absolute Gasteiger partial charge is 0.323 e. The Kier molecular flexibility index (Phi) is 5.40. The summed E-state index contributed by atoms with van der Waals surface area (Å²) in [5.74, 6) is 0.264. The molecule has 2 atom stereocenters. The van der Waals surface area contributed by atoms with E-state index < -0.39 is 17.7 Å². The normalized spacial score (nSPS) is 15.0. The third-order valence-corrected chi connectivity index (χ3v) is 4.46. The summed E-state index contributed by atoms with van der Waals surface area (Å²) in [4.78, 5) is 0. The van der Waals surface area contributed by atoms with Crippen LogP contribution in [-0.4, -0.2) is 11.0 Å². The second-order valence-electron chi connectivity index (χ2n) is 4.55. The van der Waals surface area contributed by atoms with Crippen molar-refractivity contribution in [2.45, 2.75) is 32.1 Å². The summed E-state index contributed by atoms with van der Waals surface area (Å²) >= 11 is 1.69. The molecule has 0 heterocycles. The van der Waals surface area contributed by atoms with Gasteiger partial charge in [-0.25, -0.2) is 8.78 Å². The van der Waals surface area contributed by atoms with Gasteiger partial charge in [-0.05, 0) is 24.1 Å². The molecule has 0 spiro atoms. The minimum Gasteiger partial charge on any atom is -0.323 e. The highest BCUT2D eigenvalue weighted by Gasteiger charge is 2.15. The number of nitrogens with two attached hydrogens (primary N) is 1. The fraction of sp³-hybridized carbons (Fsp3) is 0.538. The Balaban J connectivity index is 2.63. The molecule has 4 heteroatoms. The number of hydrogen-bond donors (Lipinski definition) is 1. The molecule has 0 aliphatic carbocycles. The second kappa shape index (κ2) is 6.36. The van der Waals surface area contributed by atoms with Gasteiger partial charge in [0.15, 0.2) is 0 Å². The third kappa shape index (κ3) is 4.28. The molecule has 2 unspecified atom stereocenters. The lowest BCUT2D eigenvalue weighted by Crippen LogP contribution is -2.18. The fourth-order valence-electron chi connectivity index (χ4n) is 1.34. The first kappa shape index (κ1) is 14.5. The van der Waals surface area contributed by atoms with Gasteiger partial charge in [0.2, 0.25) is 0 Å². The maximum atomic E-state index is 13.4. The summed E-state index contributed by atoms with van der Waals surface area (Å²) in [5.41, 5.74) is 6.14. The van der Waals surface area contributed by atoms with Crippen LogP contribution in [-0.2, 0) is 0 Å². The Morgan fingerprint density at radius 2 is 1.88 bits per heavy atom. The molecule has 1 rings (SSSR count). The molecule has 0 bridgehead atoms. The summed E-state index contributed by atoms with van der Waals surface area (Å²) < 4.78 is 26.5. The van der Waals surface area contributed by atoms with Crippen LogP contribution < -0.4 is 5.73 Å². The predicted molar refractivity (Wildman–Crippen MR) is 70.0 cm³/mol. The molecular weight excluding hydrogens is 240 g/mol. The standard InChI is InChI=1S/C13H19F2NS/c1-8(2)9(3)17-7-13(16)11-6-10(14)4-5-12(11)15/h4-6,8-9,13H,7,16H2,1-3H3. The van der Waals surface area contributed by atoms with Gasteiger partial charge in [0.05, 0.1) is 0 Å². The highest BCUT2D eigenvalue weighted by atomic mass is 32.2. The van der Waals surface area contributed by atoms with Gasteiger partial charge in [-0.15, -0.1) is 0 Å². The van der Waals surface area contributed by atoms with Crippen LogP contribution in [0.4, 0.5) is 8.78 Å². The van der Waals surface area contributed by atoms with Gasteiger partial charge >= 0.3 is 0 Å². The lowest BCUT2D eigenvalue weighted by molar-refractivity contribution is 0.572. The molecule has 96 valence electrons. The van der Waals surface area contributed by atoms with Gasteiger partial charge in [0, 0.05) is 22.6 Å². The van der Waals surface area contributed by atoms with Crippen molar-refractivity contribution in [3.05, 3.63) is 35.4 Å². The zero-order valence-electron chi connectivity index (χ0n) is 10.4. The third-order valence-electron chi connectivity index (χ3n) is 2.84. The Morgan fingerprint density at radius 3 is 2.47 bits per heavy atom. The Bertz CT molecular complexity index is 368. The lowest BCUT2D eigenvalue weighted by atomic mass is 10.1. The van der Waals surface area contributed by atoms with Crippen LogP contribution in [0.5, 0.6) is 0 Å². The van der Waals surface area contributed by atoms with Crippen molar-refractivity contribution in [3.63, 3.8) is 0 Å². The van der Waals surface area contributed by atoms with E-state index in [1.54, 1.807) is 11.8 Å². The van der Waals surface area contributed by atoms with Crippen molar-refractivity contribution in [3.8, 4) is 0 Å². The molecule has 0 saturated carbocycles. The van der Waals surface area contributed by atoms with Crippen LogP contribution in [0.3, 0.4) is 0 Å². The predicted octanol–water partition coefficient (Wildman–Crippen LogP) is 3.74. The van der Waals surface area contributed by atoms with Crippen LogP contribution in [0.15, 0.2) is 18.2 Å². The molecule has 0 aromatic heterocycles. The maximum absolute atomic E-state index is 13.4. The van der Waals surface area contributed by atoms with E-state index in [-0.39, 0.29) is 5.56 Å². The van der Waals surface area contributed by atoms with Crippen molar-refractivity contribution in [2.24, 2.45) is 11.7 Å². The summed E-state index contributed by atoms with van der Waals surface area (Å²) in [5, 5.41) is 0.456. The average molecular weight is 259 g/mol. The van der Waals surface area contributed by atoms with Crippen molar-refractivity contribution in [2.75, 3.05) is 5.75 Å². The molecule has 0 fully saturated rings. The quantitative estimate of drug-likeness (QED) is 0.871. The summed E-state index contributed by atoms with van der Waals surface area (Å²) in [6.07, 6.45) is 0. The van der Waals surface area contributed by atoms with E-state index in [4.69, 9.17) is 5.73 Å². The van der Waals surface area contributed by atoms with Crippen molar-refractivity contribution >= 4 is 11.8 Å². The lowest BCUT2D eigenvalue weighted by Gasteiger charge is -2.18. The van der Waals surface area contributed by atoms with E-state index in [2.05, 4.69) is 20.8 Å². The van der Waals surface area contributed by atoms with Crippen LogP contribution in [0.1, 0.15) is 32.4 Å². The molecule has 17 heavy (non-hydrogen) atoms. The highest BCUT2D eigenvalue weighted by Crippen LogP contribution is 2.25. The monoisotopic (exact) mass is 259 g/mol. The van der Waals surface area contributed by atoms with E-state index in [1.807, 2.05) is 0 Å². The zero-order chi connectivity index (χ0) is 13.0. The molecular formula is C13H19F2NS. The molecule has 1 nitrogen and oxygen atoms in total. The zero-order valence-corrected chi connectivity index (χ0v) is 11.2. The molecule has 2 N–H and O–H groups in total. The number of thioether (sulfide) groups is 1. The summed E-state index contributed by atoms with van der Waals surface area (Å²) in [7, 11) is 0. The van der Waals surface area contributed by atoms with Gasteiger partial charge in [0.25, 0.3) is 0 Å². The molecule has 0 amide bonds. The van der Waals surface area contributed by atoms with E-state index in [0.717, 1.165) is 12.1 Å². The van der Waals surface area contributed by atoms with Crippen LogP contribution in [0.25, 0.3) is 0 Å². The second-order valence-corrected chi connectivity index (χ2v) is 5.97. The minimum atomic E-state index is -0.461. The first-order valence-corrected chi connectivity index (χ1v) is 6.78. The van der Waals surface area contributed by atoms with Crippen molar-refractivity contribution in [1.82, 2.24) is 0 Å². The highest BCUT2D eigenvalue weighted by molar-refractivity contribution is 7.99. The number of halogens is 2. The van der Waals surface area contributed by atoms with E-state index >= 15 is 0 Å². The molecule has 0 saturated heterocycles. The van der Waals surface area contributed by atoms with E-state index in [0.29, 0.717) is 16.9 Å². The van der Waals surface area contributed by atoms with Gasteiger partial charge in [-0.3, -0.25) is 0 Å². The van der Waals surface area contributed by atoms with Crippen molar-refractivity contribution in [1.29, 1.82) is 0 Å². The Morgan fingerprint density at radius 1 is 1.24 bits per heavy atom. The van der Waals surface area contributed by atoms with Gasteiger partial charge in [-0.2, -0.15) is 11.8 Å². The summed E-state index contributed by atoms with van der Waals surface area (Å²) in [6.45, 7) is 6.38. The molecule has 0 aliphatic rings. The molecule has 0 aliphatic heterocycles. The Labute approximate surface area is 106 Å². The maximum Gasteiger partial charge on any atom is 0.128 e.